The van der Waals surface area contributed by atoms with Gasteiger partial charge in [0, 0.05) is 31.3 Å². The van der Waals surface area contributed by atoms with Crippen molar-refractivity contribution < 1.29 is 0 Å². The Labute approximate surface area is 253 Å². The Kier molecular flexibility index (Phi) is 5.99. The molecular weight excluding hydrogens is 541 g/mol. The molecule has 0 radical (unpaired) electrons. The fourth-order valence-corrected chi connectivity index (χ4v) is 7.47. The van der Waals surface area contributed by atoms with E-state index in [0.717, 1.165) is 16.5 Å². The summed E-state index contributed by atoms with van der Waals surface area (Å²) in [5.74, 6) is 0. The summed E-state index contributed by atoms with van der Waals surface area (Å²) in [7, 11) is 0. The van der Waals surface area contributed by atoms with Crippen molar-refractivity contribution in [3.63, 3.8) is 0 Å². The number of allylic oxidation sites excluding steroid dienone is 1. The van der Waals surface area contributed by atoms with Gasteiger partial charge in [0.05, 0.1) is 11.4 Å². The van der Waals surface area contributed by atoms with Crippen LogP contribution in [0.2, 0.25) is 0 Å². The van der Waals surface area contributed by atoms with Crippen LogP contribution in [0.3, 0.4) is 0 Å². The van der Waals surface area contributed by atoms with Crippen molar-refractivity contribution in [2.24, 2.45) is 4.99 Å². The van der Waals surface area contributed by atoms with Gasteiger partial charge < -0.3 is 5.41 Å². The molecule has 202 valence electrons. The fraction of sp³-hybridized carbons (Fsp3) is 0. The molecule has 7 aromatic carbocycles. The van der Waals surface area contributed by atoms with Crippen LogP contribution >= 0.6 is 11.3 Å². The quantitative estimate of drug-likeness (QED) is 0.159. The maximum Gasteiger partial charge on any atom is 0.0716 e. The van der Waals surface area contributed by atoms with Crippen molar-refractivity contribution in [3.05, 3.63) is 151 Å². The second-order valence-electron chi connectivity index (χ2n) is 10.8. The first-order valence-corrected chi connectivity index (χ1v) is 15.1. The second kappa shape index (κ2) is 10.2. The van der Waals surface area contributed by atoms with Crippen LogP contribution in [-0.4, -0.2) is 12.4 Å². The number of benzene rings is 7. The zero-order valence-corrected chi connectivity index (χ0v) is 24.2. The van der Waals surface area contributed by atoms with Gasteiger partial charge in [0.25, 0.3) is 0 Å². The lowest BCUT2D eigenvalue weighted by Gasteiger charge is -2.12. The molecule has 0 atom stereocenters. The Hall–Kier alpha value is -5.38. The molecule has 43 heavy (non-hydrogen) atoms. The molecule has 0 aliphatic rings. The minimum Gasteiger partial charge on any atom is -0.300 e. The third kappa shape index (κ3) is 4.17. The van der Waals surface area contributed by atoms with E-state index >= 15 is 0 Å². The van der Waals surface area contributed by atoms with E-state index in [1.165, 1.54) is 58.2 Å². The first kappa shape index (κ1) is 25.3. The minimum atomic E-state index is 0.422. The van der Waals surface area contributed by atoms with Gasteiger partial charge in [-0.1, -0.05) is 109 Å². The Bertz CT molecular complexity index is 2390. The van der Waals surface area contributed by atoms with Gasteiger partial charge in [-0.15, -0.1) is 11.3 Å². The molecule has 0 saturated carbocycles. The van der Waals surface area contributed by atoms with Gasteiger partial charge in [-0.25, -0.2) is 0 Å². The standard InChI is InChI=1S/C40H26N2S/c1-42-37(25-10-3-2-4-11-25)24-36(41)33-16-9-17-39-40(33)35-23-27(19-21-38(35)43-39)26-18-20-32-30-14-6-5-12-28(30)29-13-7-8-15-31(29)34(32)22-26/h2-24,41H,1H2/b37-24-,41-36?. The topological polar surface area (TPSA) is 36.2 Å². The monoisotopic (exact) mass is 566 g/mol. The maximum atomic E-state index is 9.10. The lowest BCUT2D eigenvalue weighted by Crippen LogP contribution is -1.97. The van der Waals surface area contributed by atoms with E-state index in [0.29, 0.717) is 11.4 Å². The molecule has 0 aliphatic heterocycles. The van der Waals surface area contributed by atoms with E-state index in [1.807, 2.05) is 48.5 Å². The molecule has 1 aromatic heterocycles. The molecule has 1 N–H and O–H groups in total. The zero-order valence-electron chi connectivity index (χ0n) is 23.3. The van der Waals surface area contributed by atoms with Gasteiger partial charge in [-0.2, -0.15) is 0 Å². The second-order valence-corrected chi connectivity index (χ2v) is 11.9. The summed E-state index contributed by atoms with van der Waals surface area (Å²) >= 11 is 1.77. The highest BCUT2D eigenvalue weighted by Crippen LogP contribution is 2.41. The number of hydrogen-bond acceptors (Lipinski definition) is 3. The van der Waals surface area contributed by atoms with Crippen molar-refractivity contribution in [3.8, 4) is 11.1 Å². The van der Waals surface area contributed by atoms with Crippen molar-refractivity contribution in [2.45, 2.75) is 0 Å². The van der Waals surface area contributed by atoms with Crippen molar-refractivity contribution in [2.75, 3.05) is 0 Å². The summed E-state index contributed by atoms with van der Waals surface area (Å²) in [6.07, 6.45) is 1.82. The van der Waals surface area contributed by atoms with E-state index in [-0.39, 0.29) is 0 Å². The molecule has 0 saturated heterocycles. The molecule has 1 heterocycles. The predicted octanol–water partition coefficient (Wildman–Crippen LogP) is 11.3. The number of nitrogens with zero attached hydrogens (tertiary/aromatic N) is 1. The molecular formula is C40H26N2S. The van der Waals surface area contributed by atoms with Crippen LogP contribution in [0.5, 0.6) is 0 Å². The summed E-state index contributed by atoms with van der Waals surface area (Å²) in [6.45, 7) is 3.78. The molecule has 3 heteroatoms. The van der Waals surface area contributed by atoms with Gasteiger partial charge in [-0.3, -0.25) is 4.99 Å². The zero-order chi connectivity index (χ0) is 28.9. The van der Waals surface area contributed by atoms with Crippen molar-refractivity contribution >= 4 is 82.0 Å². The fourth-order valence-electron chi connectivity index (χ4n) is 6.36. The van der Waals surface area contributed by atoms with E-state index in [9.17, 15) is 0 Å². The average molecular weight is 567 g/mol. The Morgan fingerprint density at radius 1 is 0.558 bits per heavy atom. The third-order valence-corrected chi connectivity index (χ3v) is 9.52. The van der Waals surface area contributed by atoms with E-state index in [4.69, 9.17) is 5.41 Å². The molecule has 0 fully saturated rings. The minimum absolute atomic E-state index is 0.422. The number of thiophene rings is 1. The average Bonchev–Trinajstić information content (AvgIpc) is 3.45. The molecule has 8 rings (SSSR count). The smallest absolute Gasteiger partial charge is 0.0716 e. The van der Waals surface area contributed by atoms with Crippen LogP contribution < -0.4 is 0 Å². The number of aliphatic imine (C=N–C) groups is 1. The third-order valence-electron chi connectivity index (χ3n) is 8.38. The lowest BCUT2D eigenvalue weighted by molar-refractivity contribution is 1.49. The first-order chi connectivity index (χ1) is 21.2. The molecule has 0 unspecified atom stereocenters. The van der Waals surface area contributed by atoms with Crippen LogP contribution in [0.15, 0.2) is 145 Å². The Morgan fingerprint density at radius 3 is 1.81 bits per heavy atom. The number of hydrogen-bond donors (Lipinski definition) is 1. The molecule has 0 spiro atoms. The van der Waals surface area contributed by atoms with E-state index in [1.54, 1.807) is 11.3 Å². The Morgan fingerprint density at radius 2 is 1.14 bits per heavy atom. The van der Waals surface area contributed by atoms with Gasteiger partial charge in [-0.05, 0) is 80.5 Å². The first-order valence-electron chi connectivity index (χ1n) is 14.3. The SMILES string of the molecule is C=N/C(=C\C(=N)c1cccc2sc3ccc(-c4ccc5c6ccccc6c6ccccc6c5c4)cc3c12)c1ccccc1. The molecule has 0 bridgehead atoms. The van der Waals surface area contributed by atoms with Crippen LogP contribution in [0.1, 0.15) is 11.1 Å². The summed E-state index contributed by atoms with van der Waals surface area (Å²) < 4.78 is 2.39. The van der Waals surface area contributed by atoms with Gasteiger partial charge >= 0.3 is 0 Å². The van der Waals surface area contributed by atoms with Gasteiger partial charge in [0.1, 0.15) is 0 Å². The highest BCUT2D eigenvalue weighted by atomic mass is 32.1. The van der Waals surface area contributed by atoms with E-state index < -0.39 is 0 Å². The Balaban J connectivity index is 1.31. The normalized spacial score (nSPS) is 12.0. The molecule has 0 amide bonds. The summed E-state index contributed by atoms with van der Waals surface area (Å²) in [5, 5.41) is 19.0. The largest absolute Gasteiger partial charge is 0.300 e. The maximum absolute atomic E-state index is 9.10. The van der Waals surface area contributed by atoms with Crippen LogP contribution in [0.25, 0.3) is 69.3 Å². The molecule has 2 nitrogen and oxygen atoms in total. The van der Waals surface area contributed by atoms with Crippen LogP contribution in [-0.2, 0) is 0 Å². The highest BCUT2D eigenvalue weighted by molar-refractivity contribution is 7.25. The number of fused-ring (bicyclic) bond motifs is 9. The lowest BCUT2D eigenvalue weighted by atomic mass is 9.91. The van der Waals surface area contributed by atoms with Crippen molar-refractivity contribution in [1.82, 2.24) is 0 Å². The summed E-state index contributed by atoms with van der Waals surface area (Å²) in [5.41, 5.74) is 5.31. The highest BCUT2D eigenvalue weighted by Gasteiger charge is 2.15. The van der Waals surface area contributed by atoms with Crippen LogP contribution in [0, 0.1) is 5.41 Å². The summed E-state index contributed by atoms with van der Waals surface area (Å²) in [6, 6.07) is 47.2. The van der Waals surface area contributed by atoms with Crippen molar-refractivity contribution in [1.29, 1.82) is 5.41 Å². The number of nitrogens with one attached hydrogen (secondary N) is 1. The van der Waals surface area contributed by atoms with Crippen LogP contribution in [0.4, 0.5) is 0 Å². The summed E-state index contributed by atoms with van der Waals surface area (Å²) in [4.78, 5) is 4.25. The molecule has 8 aromatic rings. The van der Waals surface area contributed by atoms with Gasteiger partial charge in [0.15, 0.2) is 0 Å². The molecule has 0 aliphatic carbocycles. The van der Waals surface area contributed by atoms with E-state index in [2.05, 4.69) is 103 Å². The predicted molar refractivity (Wildman–Crippen MR) is 188 cm³/mol. The number of rotatable bonds is 5. The van der Waals surface area contributed by atoms with Gasteiger partial charge in [0.2, 0.25) is 0 Å².